The Morgan fingerprint density at radius 2 is 0.849 bits per heavy atom. The highest BCUT2D eigenvalue weighted by atomic mass is 79.9. The summed E-state index contributed by atoms with van der Waals surface area (Å²) in [6.07, 6.45) is 12.9. The van der Waals surface area contributed by atoms with Crippen molar-refractivity contribution in [3.8, 4) is 29.4 Å². The van der Waals surface area contributed by atoms with Gasteiger partial charge >= 0.3 is 0 Å². The first-order valence-electron chi connectivity index (χ1n) is 18.8. The number of pyridine rings is 2. The Kier molecular flexibility index (Phi) is 12.4. The van der Waals surface area contributed by atoms with Gasteiger partial charge in [0.2, 0.25) is 0 Å². The lowest BCUT2D eigenvalue weighted by Crippen LogP contribution is -1.98. The first-order chi connectivity index (χ1) is 26.0. The molecule has 7 rings (SSSR count). The number of halogens is 2. The van der Waals surface area contributed by atoms with Crippen LogP contribution in [0.4, 0.5) is 0 Å². The van der Waals surface area contributed by atoms with Gasteiger partial charge in [0.05, 0.1) is 28.7 Å². The molecule has 0 aliphatic heterocycles. The van der Waals surface area contributed by atoms with Gasteiger partial charge in [0.15, 0.2) is 0 Å². The molecule has 7 aromatic rings. The third kappa shape index (κ3) is 10.1. The molecule has 0 atom stereocenters. The molecule has 264 valence electrons. The van der Waals surface area contributed by atoms with Crippen LogP contribution in [0.15, 0.2) is 112 Å². The van der Waals surface area contributed by atoms with E-state index in [0.29, 0.717) is 6.61 Å². The molecular formula is C48H42Br2N2O. The third-order valence-corrected chi connectivity index (χ3v) is 10.5. The summed E-state index contributed by atoms with van der Waals surface area (Å²) >= 11 is 7.17. The van der Waals surface area contributed by atoms with E-state index in [9.17, 15) is 0 Å². The highest BCUT2D eigenvalue weighted by molar-refractivity contribution is 9.10. The van der Waals surface area contributed by atoms with Crippen molar-refractivity contribution < 1.29 is 4.74 Å². The van der Waals surface area contributed by atoms with Gasteiger partial charge in [-0.1, -0.05) is 120 Å². The van der Waals surface area contributed by atoms with Crippen molar-refractivity contribution in [3.63, 3.8) is 0 Å². The van der Waals surface area contributed by atoms with Crippen LogP contribution in [0, 0.1) is 23.7 Å². The van der Waals surface area contributed by atoms with Crippen molar-refractivity contribution in [2.75, 3.05) is 6.61 Å². The van der Waals surface area contributed by atoms with Gasteiger partial charge in [-0.15, -0.1) is 0 Å². The van der Waals surface area contributed by atoms with Crippen LogP contribution in [0.1, 0.15) is 93.4 Å². The van der Waals surface area contributed by atoms with E-state index in [1.54, 1.807) is 0 Å². The van der Waals surface area contributed by atoms with Gasteiger partial charge < -0.3 is 4.74 Å². The summed E-state index contributed by atoms with van der Waals surface area (Å²) in [7, 11) is 0. The van der Waals surface area contributed by atoms with E-state index < -0.39 is 0 Å². The Labute approximate surface area is 329 Å². The topological polar surface area (TPSA) is 35.0 Å². The number of aromatic nitrogens is 2. The fourth-order valence-corrected chi connectivity index (χ4v) is 7.43. The second-order valence-electron chi connectivity index (χ2n) is 13.7. The van der Waals surface area contributed by atoms with Gasteiger partial charge in [0.25, 0.3) is 0 Å². The molecule has 5 heteroatoms. The van der Waals surface area contributed by atoms with E-state index in [2.05, 4.69) is 105 Å². The van der Waals surface area contributed by atoms with Gasteiger partial charge in [0, 0.05) is 52.7 Å². The molecule has 0 aliphatic carbocycles. The van der Waals surface area contributed by atoms with Gasteiger partial charge in [-0.25, -0.2) is 9.97 Å². The number of hydrogen-bond donors (Lipinski definition) is 0. The van der Waals surface area contributed by atoms with Crippen LogP contribution in [0.2, 0.25) is 0 Å². The number of rotatable bonds is 12. The van der Waals surface area contributed by atoms with Crippen LogP contribution in [-0.2, 0) is 0 Å². The average Bonchev–Trinajstić information content (AvgIpc) is 3.16. The molecule has 0 saturated heterocycles. The zero-order valence-electron chi connectivity index (χ0n) is 30.2. The molecule has 0 unspecified atom stereocenters. The van der Waals surface area contributed by atoms with Crippen molar-refractivity contribution in [1.29, 1.82) is 0 Å². The first kappa shape index (κ1) is 36.7. The maximum absolute atomic E-state index is 6.32. The predicted octanol–water partition coefficient (Wildman–Crippen LogP) is 13.7. The quantitative estimate of drug-likeness (QED) is 0.0699. The molecule has 2 heterocycles. The fraction of sp³-hybridized carbons (Fsp3) is 0.250. The Balaban J connectivity index is 1.10. The van der Waals surface area contributed by atoms with Crippen molar-refractivity contribution in [1.82, 2.24) is 9.97 Å². The maximum Gasteiger partial charge on any atom is 0.121 e. The van der Waals surface area contributed by atoms with E-state index in [0.717, 1.165) is 87.0 Å². The van der Waals surface area contributed by atoms with Gasteiger partial charge in [-0.3, -0.25) is 0 Å². The molecule has 0 saturated carbocycles. The molecule has 0 spiro atoms. The molecule has 53 heavy (non-hydrogen) atoms. The SMILES string of the molecule is CCCCCCCCCCCCOc1cc(C#Cc2ccc3nc4ccc(Br)cc4cc3c2)cc(C#Cc2ccc3nc4ccc(Br)cc4cc3c2)c1. The van der Waals surface area contributed by atoms with Crippen LogP contribution < -0.4 is 4.74 Å². The van der Waals surface area contributed by atoms with Crippen LogP contribution in [0.5, 0.6) is 5.75 Å². The highest BCUT2D eigenvalue weighted by Crippen LogP contribution is 2.26. The first-order valence-corrected chi connectivity index (χ1v) is 20.4. The Morgan fingerprint density at radius 1 is 0.434 bits per heavy atom. The Morgan fingerprint density at radius 3 is 1.34 bits per heavy atom. The third-order valence-electron chi connectivity index (χ3n) is 9.51. The highest BCUT2D eigenvalue weighted by Gasteiger charge is 2.05. The molecular weight excluding hydrogens is 780 g/mol. The fourth-order valence-electron chi connectivity index (χ4n) is 6.67. The number of unbranched alkanes of at least 4 members (excludes halogenated alkanes) is 9. The van der Waals surface area contributed by atoms with Crippen LogP contribution in [0.25, 0.3) is 43.6 Å². The summed E-state index contributed by atoms with van der Waals surface area (Å²) in [5.74, 6) is 14.4. The molecule has 0 amide bonds. The summed E-state index contributed by atoms with van der Waals surface area (Å²) in [5.41, 5.74) is 7.47. The summed E-state index contributed by atoms with van der Waals surface area (Å²) in [5, 5.41) is 4.32. The van der Waals surface area contributed by atoms with E-state index in [1.165, 1.54) is 57.8 Å². The van der Waals surface area contributed by atoms with Crippen LogP contribution in [0.3, 0.4) is 0 Å². The Hall–Kier alpha value is -4.68. The monoisotopic (exact) mass is 820 g/mol. The minimum Gasteiger partial charge on any atom is -0.494 e. The number of benzene rings is 5. The second kappa shape index (κ2) is 17.9. The number of ether oxygens (including phenoxy) is 1. The zero-order chi connectivity index (χ0) is 36.4. The van der Waals surface area contributed by atoms with Crippen LogP contribution in [-0.4, -0.2) is 16.6 Å². The van der Waals surface area contributed by atoms with Crippen molar-refractivity contribution in [2.24, 2.45) is 0 Å². The largest absolute Gasteiger partial charge is 0.494 e. The van der Waals surface area contributed by atoms with Crippen molar-refractivity contribution >= 4 is 75.5 Å². The van der Waals surface area contributed by atoms with Gasteiger partial charge in [-0.05, 0) is 110 Å². The second-order valence-corrected chi connectivity index (χ2v) is 15.6. The normalized spacial score (nSPS) is 11.1. The maximum atomic E-state index is 6.32. The molecule has 0 N–H and O–H groups in total. The summed E-state index contributed by atoms with van der Waals surface area (Å²) in [6, 6.07) is 35.2. The number of fused-ring (bicyclic) bond motifs is 4. The smallest absolute Gasteiger partial charge is 0.121 e. The van der Waals surface area contributed by atoms with Crippen LogP contribution >= 0.6 is 31.9 Å². The summed E-state index contributed by atoms with van der Waals surface area (Å²) in [6.45, 7) is 2.96. The molecule has 5 aromatic carbocycles. The van der Waals surface area contributed by atoms with E-state index in [1.807, 2.05) is 60.7 Å². The average molecular weight is 823 g/mol. The Bertz CT molecular complexity index is 2370. The standard InChI is InChI=1S/C48H42Br2N2O/c1-2-3-4-5-6-7-8-9-10-11-24-53-44-28-36(14-12-34-16-20-45-38(26-34)30-40-32-42(49)18-22-47(40)51-45)25-37(29-44)15-13-35-17-21-46-39(27-35)31-41-33-43(50)19-23-48(41)52-46/h16-23,25-33H,2-11,24H2,1H3. The summed E-state index contributed by atoms with van der Waals surface area (Å²) in [4.78, 5) is 9.69. The summed E-state index contributed by atoms with van der Waals surface area (Å²) < 4.78 is 8.40. The number of nitrogens with zero attached hydrogens (tertiary/aromatic N) is 2. The molecule has 0 fully saturated rings. The van der Waals surface area contributed by atoms with E-state index in [-0.39, 0.29) is 0 Å². The van der Waals surface area contributed by atoms with Crippen molar-refractivity contribution in [2.45, 2.75) is 71.1 Å². The predicted molar refractivity (Wildman–Crippen MR) is 230 cm³/mol. The lowest BCUT2D eigenvalue weighted by atomic mass is 10.1. The molecule has 2 aromatic heterocycles. The lowest BCUT2D eigenvalue weighted by Gasteiger charge is -2.08. The molecule has 0 bridgehead atoms. The minimum atomic E-state index is 0.684. The molecule has 0 radical (unpaired) electrons. The zero-order valence-corrected chi connectivity index (χ0v) is 33.3. The van der Waals surface area contributed by atoms with E-state index >= 15 is 0 Å². The minimum absolute atomic E-state index is 0.684. The van der Waals surface area contributed by atoms with Gasteiger partial charge in [-0.2, -0.15) is 0 Å². The van der Waals surface area contributed by atoms with Gasteiger partial charge in [0.1, 0.15) is 5.75 Å². The molecule has 3 nitrogen and oxygen atoms in total. The van der Waals surface area contributed by atoms with Crippen molar-refractivity contribution in [3.05, 3.63) is 134 Å². The molecule has 0 aliphatic rings. The lowest BCUT2D eigenvalue weighted by molar-refractivity contribution is 0.304. The van der Waals surface area contributed by atoms with E-state index in [4.69, 9.17) is 14.7 Å². The number of hydrogen-bond acceptors (Lipinski definition) is 3.